The molecular formula is C24H16. The van der Waals surface area contributed by atoms with Crippen molar-refractivity contribution in [3.05, 3.63) is 101 Å². The van der Waals surface area contributed by atoms with Crippen LogP contribution in [0.4, 0.5) is 0 Å². The fourth-order valence-electron chi connectivity index (χ4n) is 4.71. The van der Waals surface area contributed by atoms with Crippen molar-refractivity contribution in [2.24, 2.45) is 5.92 Å². The normalized spacial score (nSPS) is 24.5. The van der Waals surface area contributed by atoms with Crippen molar-refractivity contribution in [3.8, 4) is 0 Å². The Balaban J connectivity index is 1.97. The van der Waals surface area contributed by atoms with Crippen molar-refractivity contribution >= 4 is 28.0 Å². The van der Waals surface area contributed by atoms with E-state index in [1.165, 1.54) is 43.5 Å². The third-order valence-electron chi connectivity index (χ3n) is 5.69. The summed E-state index contributed by atoms with van der Waals surface area (Å²) < 4.78 is 0. The predicted molar refractivity (Wildman–Crippen MR) is 102 cm³/mol. The molecule has 0 amide bonds. The zero-order valence-corrected chi connectivity index (χ0v) is 13.2. The summed E-state index contributed by atoms with van der Waals surface area (Å²) >= 11 is 0. The molecule has 0 saturated carbocycles. The molecule has 2 atom stereocenters. The lowest BCUT2D eigenvalue weighted by Crippen LogP contribution is -2.31. The number of allylic oxidation sites excluding steroid dienone is 10. The molecule has 0 heterocycles. The van der Waals surface area contributed by atoms with Crippen LogP contribution in [0.3, 0.4) is 0 Å². The molecule has 24 heavy (non-hydrogen) atoms. The molecule has 4 aliphatic rings. The van der Waals surface area contributed by atoms with Crippen LogP contribution in [-0.4, -0.2) is 0 Å². The number of fused-ring (bicyclic) bond motifs is 4. The SMILES string of the molecule is C1=CC2=c3c4c5c(c6ccccc36)=CC=CC5C=CC4=CC2C=C1. The second-order valence-corrected chi connectivity index (χ2v) is 6.91. The molecule has 6 rings (SSSR count). The Kier molecular flexibility index (Phi) is 2.28. The van der Waals surface area contributed by atoms with Gasteiger partial charge in [-0.25, -0.2) is 0 Å². The van der Waals surface area contributed by atoms with E-state index in [4.69, 9.17) is 0 Å². The first-order chi connectivity index (χ1) is 11.9. The van der Waals surface area contributed by atoms with E-state index in [2.05, 4.69) is 85.0 Å². The molecule has 0 radical (unpaired) electrons. The Bertz CT molecular complexity index is 1190. The van der Waals surface area contributed by atoms with Crippen LogP contribution in [0.2, 0.25) is 0 Å². The van der Waals surface area contributed by atoms with Gasteiger partial charge in [-0.05, 0) is 43.5 Å². The third-order valence-corrected chi connectivity index (χ3v) is 5.69. The van der Waals surface area contributed by atoms with Gasteiger partial charge in [-0.2, -0.15) is 0 Å². The van der Waals surface area contributed by atoms with Crippen molar-refractivity contribution in [1.82, 2.24) is 0 Å². The Morgan fingerprint density at radius 1 is 0.750 bits per heavy atom. The van der Waals surface area contributed by atoms with Crippen LogP contribution < -0.4 is 10.4 Å². The molecule has 0 aliphatic heterocycles. The number of hydrogen-bond donors (Lipinski definition) is 0. The standard InChI is InChI=1S/C24H16/c1-2-8-18-16(6-1)14-17-13-12-15-7-5-11-20-19-9-3-4-10-21(19)24(18)23(17)22(15)20/h1-16H. The molecular weight excluding hydrogens is 288 g/mol. The quantitative estimate of drug-likeness (QED) is 0.686. The minimum absolute atomic E-state index is 0.392. The minimum atomic E-state index is 0.392. The molecule has 0 spiro atoms. The van der Waals surface area contributed by atoms with Crippen molar-refractivity contribution in [2.75, 3.05) is 0 Å². The smallest absolute Gasteiger partial charge is 0.0217 e. The molecule has 2 aromatic carbocycles. The first kappa shape index (κ1) is 12.5. The monoisotopic (exact) mass is 304 g/mol. The van der Waals surface area contributed by atoms with Gasteiger partial charge in [0.05, 0.1) is 0 Å². The second kappa shape index (κ2) is 4.36. The first-order valence-corrected chi connectivity index (χ1v) is 8.64. The summed E-state index contributed by atoms with van der Waals surface area (Å²) in [7, 11) is 0. The first-order valence-electron chi connectivity index (χ1n) is 8.64. The van der Waals surface area contributed by atoms with Crippen molar-refractivity contribution < 1.29 is 0 Å². The van der Waals surface area contributed by atoms with Gasteiger partial charge in [0, 0.05) is 11.8 Å². The van der Waals surface area contributed by atoms with Gasteiger partial charge >= 0.3 is 0 Å². The molecule has 0 fully saturated rings. The van der Waals surface area contributed by atoms with E-state index in [1.807, 2.05) is 0 Å². The van der Waals surface area contributed by atoms with Crippen molar-refractivity contribution in [2.45, 2.75) is 5.92 Å². The average molecular weight is 304 g/mol. The predicted octanol–water partition coefficient (Wildman–Crippen LogP) is 4.13. The molecule has 2 unspecified atom stereocenters. The molecule has 112 valence electrons. The molecule has 0 N–H and O–H groups in total. The lowest BCUT2D eigenvalue weighted by molar-refractivity contribution is 1.01. The zero-order valence-electron chi connectivity index (χ0n) is 13.2. The maximum Gasteiger partial charge on any atom is 0.0217 e. The fraction of sp³-hybridized carbons (Fsp3) is 0.0833. The van der Waals surface area contributed by atoms with Crippen LogP contribution in [0.15, 0.2) is 78.9 Å². The molecule has 4 aliphatic carbocycles. The van der Waals surface area contributed by atoms with E-state index < -0.39 is 0 Å². The Morgan fingerprint density at radius 2 is 1.62 bits per heavy atom. The van der Waals surface area contributed by atoms with Gasteiger partial charge in [-0.1, -0.05) is 85.0 Å². The lowest BCUT2D eigenvalue weighted by atomic mass is 9.73. The molecule has 0 bridgehead atoms. The van der Waals surface area contributed by atoms with E-state index in [-0.39, 0.29) is 0 Å². The van der Waals surface area contributed by atoms with Gasteiger partial charge < -0.3 is 0 Å². The summed E-state index contributed by atoms with van der Waals surface area (Å²) in [5, 5.41) is 5.62. The minimum Gasteiger partial charge on any atom is -0.0732 e. The van der Waals surface area contributed by atoms with Gasteiger partial charge in [0.15, 0.2) is 0 Å². The van der Waals surface area contributed by atoms with Crippen molar-refractivity contribution in [1.29, 1.82) is 0 Å². The number of benzene rings is 2. The number of hydrogen-bond acceptors (Lipinski definition) is 0. The van der Waals surface area contributed by atoms with Gasteiger partial charge in [0.1, 0.15) is 0 Å². The van der Waals surface area contributed by atoms with Gasteiger partial charge in [-0.15, -0.1) is 0 Å². The largest absolute Gasteiger partial charge is 0.0732 e. The summed E-state index contributed by atoms with van der Waals surface area (Å²) in [6, 6.07) is 8.90. The molecule has 0 saturated heterocycles. The van der Waals surface area contributed by atoms with E-state index >= 15 is 0 Å². The van der Waals surface area contributed by atoms with Crippen LogP contribution in [-0.2, 0) is 0 Å². The molecule has 0 aromatic heterocycles. The van der Waals surface area contributed by atoms with Crippen LogP contribution in [0.5, 0.6) is 0 Å². The topological polar surface area (TPSA) is 0 Å². The van der Waals surface area contributed by atoms with E-state index in [0.717, 1.165) is 0 Å². The Morgan fingerprint density at radius 3 is 2.58 bits per heavy atom. The highest BCUT2D eigenvalue weighted by atomic mass is 14.3. The Hall–Kier alpha value is -2.86. The van der Waals surface area contributed by atoms with Crippen LogP contribution in [0, 0.1) is 5.92 Å². The van der Waals surface area contributed by atoms with E-state index in [0.29, 0.717) is 11.8 Å². The van der Waals surface area contributed by atoms with E-state index in [9.17, 15) is 0 Å². The fourth-order valence-corrected chi connectivity index (χ4v) is 4.71. The maximum atomic E-state index is 2.43. The summed E-state index contributed by atoms with van der Waals surface area (Å²) in [6.45, 7) is 0. The highest BCUT2D eigenvalue weighted by Gasteiger charge is 2.28. The average Bonchev–Trinajstić information content (AvgIpc) is 2.66. The van der Waals surface area contributed by atoms with Crippen molar-refractivity contribution in [3.63, 3.8) is 0 Å². The summed E-state index contributed by atoms with van der Waals surface area (Å²) in [5.41, 5.74) is 5.79. The van der Waals surface area contributed by atoms with Crippen LogP contribution in [0.1, 0.15) is 17.0 Å². The summed E-state index contributed by atoms with van der Waals surface area (Å²) in [6.07, 6.45) is 22.9. The zero-order chi connectivity index (χ0) is 15.7. The van der Waals surface area contributed by atoms with Gasteiger partial charge in [0.2, 0.25) is 0 Å². The van der Waals surface area contributed by atoms with E-state index in [1.54, 1.807) is 0 Å². The maximum absolute atomic E-state index is 2.43. The molecule has 0 nitrogen and oxygen atoms in total. The van der Waals surface area contributed by atoms with Gasteiger partial charge in [0.25, 0.3) is 0 Å². The lowest BCUT2D eigenvalue weighted by Gasteiger charge is -2.30. The highest BCUT2D eigenvalue weighted by Crippen LogP contribution is 2.38. The summed E-state index contributed by atoms with van der Waals surface area (Å²) in [4.78, 5) is 0. The van der Waals surface area contributed by atoms with Crippen LogP contribution >= 0.6 is 0 Å². The molecule has 0 heteroatoms. The second-order valence-electron chi connectivity index (χ2n) is 6.91. The third kappa shape index (κ3) is 1.44. The molecule has 2 aromatic rings. The Labute approximate surface area is 140 Å². The summed E-state index contributed by atoms with van der Waals surface area (Å²) in [5.74, 6) is 0.795. The highest BCUT2D eigenvalue weighted by molar-refractivity contribution is 5.98. The number of rotatable bonds is 0. The van der Waals surface area contributed by atoms with Gasteiger partial charge in [-0.3, -0.25) is 0 Å². The van der Waals surface area contributed by atoms with Crippen LogP contribution in [0.25, 0.3) is 28.0 Å².